The zero-order valence-electron chi connectivity index (χ0n) is 20.5. The van der Waals surface area contributed by atoms with Crippen molar-refractivity contribution in [3.8, 4) is 30.4 Å². The number of aldehydes is 1. The van der Waals surface area contributed by atoms with Crippen molar-refractivity contribution in [2.24, 2.45) is 11.8 Å². The van der Waals surface area contributed by atoms with Crippen LogP contribution in [0.1, 0.15) is 51.5 Å². The van der Waals surface area contributed by atoms with Crippen molar-refractivity contribution >= 4 is 33.2 Å². The smallest absolute Gasteiger partial charge is 0.220 e. The Morgan fingerprint density at radius 1 is 1.15 bits per heavy atom. The molecule has 0 heterocycles. The van der Waals surface area contributed by atoms with Crippen molar-refractivity contribution < 1.29 is 19.4 Å². The summed E-state index contributed by atoms with van der Waals surface area (Å²) in [5.74, 6) is 7.21. The Morgan fingerprint density at radius 2 is 1.76 bits per heavy atom. The van der Waals surface area contributed by atoms with E-state index in [1.54, 1.807) is 0 Å². The van der Waals surface area contributed by atoms with Crippen LogP contribution in [-0.2, 0) is 16.0 Å². The summed E-state index contributed by atoms with van der Waals surface area (Å²) >= 11 is 2.55. The number of ether oxygens (including phenoxy) is 2. The molecule has 1 aliphatic carbocycles. The van der Waals surface area contributed by atoms with Crippen LogP contribution in [0.3, 0.4) is 0 Å². The topological polar surface area (TPSA) is 55.8 Å². The monoisotopic (exact) mass is 566 g/mol. The average Bonchev–Trinajstić information content (AvgIpc) is 3.66. The lowest BCUT2D eigenvalue weighted by molar-refractivity contribution is -0.110. The predicted molar refractivity (Wildman–Crippen MR) is 148 cm³/mol. The van der Waals surface area contributed by atoms with Gasteiger partial charge in [-0.05, 0) is 49.3 Å². The number of hydrogen-bond acceptors (Lipinski definition) is 4. The van der Waals surface area contributed by atoms with Crippen LogP contribution in [0.25, 0.3) is 0 Å². The van der Waals surface area contributed by atoms with E-state index in [0.29, 0.717) is 12.8 Å². The summed E-state index contributed by atoms with van der Waals surface area (Å²) in [5.41, 5.74) is 1.33. The van der Waals surface area contributed by atoms with Crippen molar-refractivity contribution in [2.75, 3.05) is 26.9 Å². The molecule has 0 unspecified atom stereocenters. The molecule has 1 N–H and O–H groups in total. The Hall–Kier alpha value is -1.48. The molecule has 0 aromatic heterocycles. The van der Waals surface area contributed by atoms with Gasteiger partial charge in [-0.3, -0.25) is 0 Å². The first-order valence-corrected chi connectivity index (χ1v) is 12.9. The number of terminal acetylenes is 2. The fourth-order valence-electron chi connectivity index (χ4n) is 2.75. The molecule has 2 rings (SSSR count). The number of halogens is 1. The minimum atomic E-state index is -0.139. The lowest BCUT2D eigenvalue weighted by atomic mass is 9.62. The third-order valence-electron chi connectivity index (χ3n) is 5.08. The third kappa shape index (κ3) is 17.6. The highest BCUT2D eigenvalue weighted by molar-refractivity contribution is 14.1. The second kappa shape index (κ2) is 21.1. The molecule has 182 valence electrons. The molecule has 0 atom stereocenters. The van der Waals surface area contributed by atoms with Crippen LogP contribution in [0.15, 0.2) is 24.3 Å². The van der Waals surface area contributed by atoms with Crippen LogP contribution in [-0.4, -0.2) is 42.9 Å². The van der Waals surface area contributed by atoms with E-state index < -0.39 is 0 Å². The van der Waals surface area contributed by atoms with E-state index in [1.165, 1.54) is 24.7 Å². The van der Waals surface area contributed by atoms with Crippen LogP contribution in [0, 0.1) is 36.5 Å². The molecule has 0 radical (unpaired) electrons. The summed E-state index contributed by atoms with van der Waals surface area (Å²) in [6.07, 6.45) is 17.7. The van der Waals surface area contributed by atoms with E-state index in [0.717, 1.165) is 68.1 Å². The summed E-state index contributed by atoms with van der Waals surface area (Å²) in [7, 11) is 1.00. The Morgan fingerprint density at radius 3 is 2.24 bits per heavy atom. The standard InChI is InChI=1S/C18H28BIO2.C8H8O.CH4O/c1-15(2)19(20)11-3-12-22-18-8-6-16(7-9-18)10-13-21-14-17-4-5-17;1-3-5-8(7-9)6-4-2;1-2/h6-9,15,17H,3-5,10-14H2,1-2H3;1-2,7-8H,5-6H2;2H,1H3. The highest BCUT2D eigenvalue weighted by Crippen LogP contribution is 2.28. The molecule has 1 fully saturated rings. The molecule has 1 aliphatic rings. The Kier molecular flexibility index (Phi) is 20.1. The fourth-order valence-corrected chi connectivity index (χ4v) is 3.19. The van der Waals surface area contributed by atoms with Crippen LogP contribution >= 0.6 is 22.4 Å². The number of benzene rings is 1. The molecule has 1 saturated carbocycles. The van der Waals surface area contributed by atoms with Crippen LogP contribution in [0.5, 0.6) is 5.75 Å². The molecule has 1 aromatic carbocycles. The van der Waals surface area contributed by atoms with Crippen molar-refractivity contribution in [3.05, 3.63) is 29.8 Å². The maximum atomic E-state index is 10.1. The number of carbonyl (C=O) groups is 1. The minimum Gasteiger partial charge on any atom is -0.494 e. The fraction of sp³-hybridized carbons (Fsp3) is 0.593. The van der Waals surface area contributed by atoms with Gasteiger partial charge < -0.3 is 19.4 Å². The van der Waals surface area contributed by atoms with E-state index in [-0.39, 0.29) is 5.92 Å². The van der Waals surface area contributed by atoms with E-state index in [1.807, 2.05) is 0 Å². The molecule has 0 saturated heterocycles. The highest BCUT2D eigenvalue weighted by Gasteiger charge is 2.20. The summed E-state index contributed by atoms with van der Waals surface area (Å²) in [5, 5.41) is 7.00. The van der Waals surface area contributed by atoms with E-state index in [4.69, 9.17) is 27.4 Å². The Bertz CT molecular complexity index is 674. The Labute approximate surface area is 215 Å². The summed E-state index contributed by atoms with van der Waals surface area (Å²) < 4.78 is 12.3. The summed E-state index contributed by atoms with van der Waals surface area (Å²) in [6.45, 7) is 7.17. The SMILES string of the molecule is C#CCC(C=O)CC#C.CC(C)B(I)CCCOc1ccc(CCOCC2CC2)cc1.CO. The molecule has 6 heteroatoms. The third-order valence-corrected chi connectivity index (χ3v) is 7.14. The van der Waals surface area contributed by atoms with Gasteiger partial charge in [0.2, 0.25) is 4.57 Å². The highest BCUT2D eigenvalue weighted by atomic mass is 127. The first kappa shape index (κ1) is 31.5. The van der Waals surface area contributed by atoms with Gasteiger partial charge in [-0.1, -0.05) is 38.1 Å². The number of aliphatic hydroxyl groups is 1. The van der Waals surface area contributed by atoms with E-state index >= 15 is 0 Å². The minimum absolute atomic E-state index is 0.139. The molecular weight excluding hydrogens is 526 g/mol. The summed E-state index contributed by atoms with van der Waals surface area (Å²) in [4.78, 5) is 10.1. The zero-order valence-corrected chi connectivity index (χ0v) is 22.6. The van der Waals surface area contributed by atoms with Gasteiger partial charge in [0.15, 0.2) is 0 Å². The quantitative estimate of drug-likeness (QED) is 0.103. The first-order chi connectivity index (χ1) is 16.0. The molecule has 0 aliphatic heterocycles. The lowest BCUT2D eigenvalue weighted by Gasteiger charge is -2.11. The van der Waals surface area contributed by atoms with E-state index in [2.05, 4.69) is 72.3 Å². The van der Waals surface area contributed by atoms with Crippen LogP contribution in [0.4, 0.5) is 0 Å². The molecule has 0 spiro atoms. The zero-order chi connectivity index (χ0) is 24.9. The lowest BCUT2D eigenvalue weighted by Crippen LogP contribution is -2.09. The number of aliphatic hydroxyl groups excluding tert-OH is 1. The van der Waals surface area contributed by atoms with Gasteiger partial charge in [0, 0.05) is 32.5 Å². The maximum absolute atomic E-state index is 10.1. The van der Waals surface area contributed by atoms with Crippen molar-refractivity contribution in [1.29, 1.82) is 0 Å². The number of rotatable bonds is 14. The largest absolute Gasteiger partial charge is 0.494 e. The van der Waals surface area contributed by atoms with Crippen LogP contribution < -0.4 is 4.74 Å². The first-order valence-electron chi connectivity index (χ1n) is 11.7. The van der Waals surface area contributed by atoms with E-state index in [9.17, 15) is 4.79 Å². The maximum Gasteiger partial charge on any atom is 0.220 e. The molecule has 1 aromatic rings. The van der Waals surface area contributed by atoms with Gasteiger partial charge in [0.05, 0.1) is 13.2 Å². The van der Waals surface area contributed by atoms with Crippen LogP contribution in [0.2, 0.25) is 12.1 Å². The van der Waals surface area contributed by atoms with Crippen molar-refractivity contribution in [3.63, 3.8) is 0 Å². The van der Waals surface area contributed by atoms with Gasteiger partial charge in [-0.15, -0.1) is 47.1 Å². The van der Waals surface area contributed by atoms with Gasteiger partial charge in [0.1, 0.15) is 12.0 Å². The van der Waals surface area contributed by atoms with Crippen molar-refractivity contribution in [1.82, 2.24) is 0 Å². The van der Waals surface area contributed by atoms with Gasteiger partial charge in [0.25, 0.3) is 0 Å². The average molecular weight is 566 g/mol. The second-order valence-electron chi connectivity index (χ2n) is 8.38. The summed E-state index contributed by atoms with van der Waals surface area (Å²) in [6, 6.07) is 8.48. The second-order valence-corrected chi connectivity index (χ2v) is 9.98. The van der Waals surface area contributed by atoms with Crippen molar-refractivity contribution in [2.45, 2.75) is 64.5 Å². The molecule has 4 nitrogen and oxygen atoms in total. The molecule has 0 amide bonds. The predicted octanol–water partition coefficient (Wildman–Crippen LogP) is 5.72. The van der Waals surface area contributed by atoms with Gasteiger partial charge >= 0.3 is 0 Å². The molecule has 0 bridgehead atoms. The number of hydrogen-bond donors (Lipinski definition) is 1. The molecular formula is C27H40BIO4. The Balaban J connectivity index is 0.000000786. The number of carbonyl (C=O) groups excluding carboxylic acids is 1. The van der Waals surface area contributed by atoms with Gasteiger partial charge in [-0.25, -0.2) is 0 Å². The van der Waals surface area contributed by atoms with Gasteiger partial charge in [-0.2, -0.15) is 0 Å². The molecule has 33 heavy (non-hydrogen) atoms. The normalized spacial score (nSPS) is 11.9.